The van der Waals surface area contributed by atoms with Crippen LogP contribution in [0, 0.1) is 0 Å². The Kier molecular flexibility index (Phi) is 2.66. The van der Waals surface area contributed by atoms with Crippen molar-refractivity contribution in [3.63, 3.8) is 0 Å². The summed E-state index contributed by atoms with van der Waals surface area (Å²) in [6, 6.07) is 7.99. The highest BCUT2D eigenvalue weighted by Gasteiger charge is 2.10. The summed E-state index contributed by atoms with van der Waals surface area (Å²) in [7, 11) is 0. The number of rotatable bonds is 3. The first kappa shape index (κ1) is 10.5. The van der Waals surface area contributed by atoms with Crippen LogP contribution < -0.4 is 5.73 Å². The van der Waals surface area contributed by atoms with Crippen molar-refractivity contribution < 1.29 is 4.42 Å². The highest BCUT2D eigenvalue weighted by atomic mass is 32.1. The number of para-hydroxylation sites is 1. The number of nitrogens with two attached hydrogens (primary N) is 1. The summed E-state index contributed by atoms with van der Waals surface area (Å²) < 4.78 is 5.51. The van der Waals surface area contributed by atoms with Crippen LogP contribution in [0.5, 0.6) is 0 Å². The summed E-state index contributed by atoms with van der Waals surface area (Å²) in [4.78, 5) is 4.57. The van der Waals surface area contributed by atoms with Crippen molar-refractivity contribution in [1.82, 2.24) is 4.98 Å². The first-order valence-electron chi connectivity index (χ1n) is 5.49. The molecule has 3 aromatic rings. The largest absolute Gasteiger partial charge is 0.464 e. The van der Waals surface area contributed by atoms with Gasteiger partial charge in [0.2, 0.25) is 0 Å². The molecule has 0 aliphatic carbocycles. The van der Waals surface area contributed by atoms with Crippen LogP contribution in [0.25, 0.3) is 22.2 Å². The standard InChI is InChI=1S/C13H12N2OS/c14-6-5-13-15-11(8-17-13)10-7-16-12-4-2-1-3-9(10)12/h1-4,7-8H,5-6,14H2. The van der Waals surface area contributed by atoms with Crippen LogP contribution in [0.1, 0.15) is 5.01 Å². The van der Waals surface area contributed by atoms with Crippen LogP contribution in [0.2, 0.25) is 0 Å². The zero-order chi connectivity index (χ0) is 11.7. The fourth-order valence-electron chi connectivity index (χ4n) is 1.85. The van der Waals surface area contributed by atoms with E-state index in [1.54, 1.807) is 17.6 Å². The molecular formula is C13H12N2OS. The van der Waals surface area contributed by atoms with Crippen LogP contribution >= 0.6 is 11.3 Å². The number of thiazole rings is 1. The average molecular weight is 244 g/mol. The van der Waals surface area contributed by atoms with Crippen molar-refractivity contribution in [2.45, 2.75) is 6.42 Å². The molecule has 0 saturated heterocycles. The lowest BCUT2D eigenvalue weighted by Crippen LogP contribution is -2.01. The summed E-state index contributed by atoms with van der Waals surface area (Å²) in [5.41, 5.74) is 8.46. The molecule has 3 rings (SSSR count). The Balaban J connectivity index is 2.07. The first-order valence-corrected chi connectivity index (χ1v) is 6.37. The van der Waals surface area contributed by atoms with Gasteiger partial charge in [-0.1, -0.05) is 18.2 Å². The molecule has 2 aromatic heterocycles. The quantitative estimate of drug-likeness (QED) is 0.770. The van der Waals surface area contributed by atoms with Crippen LogP contribution in [0.15, 0.2) is 40.3 Å². The summed E-state index contributed by atoms with van der Waals surface area (Å²) in [5, 5.41) is 4.24. The zero-order valence-electron chi connectivity index (χ0n) is 9.22. The topological polar surface area (TPSA) is 52.0 Å². The minimum Gasteiger partial charge on any atom is -0.464 e. The molecule has 0 amide bonds. The summed E-state index contributed by atoms with van der Waals surface area (Å²) >= 11 is 1.65. The smallest absolute Gasteiger partial charge is 0.134 e. The van der Waals surface area contributed by atoms with Gasteiger partial charge in [0.25, 0.3) is 0 Å². The molecule has 0 aliphatic heterocycles. The molecule has 0 fully saturated rings. The van der Waals surface area contributed by atoms with Crippen LogP contribution in [-0.4, -0.2) is 11.5 Å². The number of hydrogen-bond acceptors (Lipinski definition) is 4. The maximum Gasteiger partial charge on any atom is 0.134 e. The van der Waals surface area contributed by atoms with Gasteiger partial charge in [-0.25, -0.2) is 4.98 Å². The molecule has 2 heterocycles. The van der Waals surface area contributed by atoms with E-state index in [1.807, 2.05) is 18.2 Å². The number of hydrogen-bond donors (Lipinski definition) is 1. The van der Waals surface area contributed by atoms with Gasteiger partial charge in [-0.2, -0.15) is 0 Å². The molecule has 0 radical (unpaired) electrons. The molecule has 1 aromatic carbocycles. The second kappa shape index (κ2) is 4.31. The Bertz CT molecular complexity index is 641. The molecule has 0 unspecified atom stereocenters. The molecule has 0 saturated carbocycles. The van der Waals surface area contributed by atoms with Crippen LogP contribution in [0.3, 0.4) is 0 Å². The van der Waals surface area contributed by atoms with Crippen molar-refractivity contribution in [2.24, 2.45) is 5.73 Å². The van der Waals surface area contributed by atoms with Gasteiger partial charge in [-0.3, -0.25) is 0 Å². The fraction of sp³-hybridized carbons (Fsp3) is 0.154. The fourth-order valence-corrected chi connectivity index (χ4v) is 2.66. The van der Waals surface area contributed by atoms with Gasteiger partial charge in [-0.05, 0) is 12.6 Å². The van der Waals surface area contributed by atoms with Gasteiger partial charge >= 0.3 is 0 Å². The number of benzene rings is 1. The zero-order valence-corrected chi connectivity index (χ0v) is 10.0. The van der Waals surface area contributed by atoms with Gasteiger partial charge < -0.3 is 10.2 Å². The van der Waals surface area contributed by atoms with Crippen molar-refractivity contribution in [2.75, 3.05) is 6.54 Å². The molecular weight excluding hydrogens is 232 g/mol. The lowest BCUT2D eigenvalue weighted by Gasteiger charge is -1.92. The van der Waals surface area contributed by atoms with Crippen LogP contribution in [-0.2, 0) is 6.42 Å². The first-order chi connectivity index (χ1) is 8.38. The van der Waals surface area contributed by atoms with E-state index in [9.17, 15) is 0 Å². The minimum absolute atomic E-state index is 0.638. The van der Waals surface area contributed by atoms with Gasteiger partial charge in [0, 0.05) is 22.8 Å². The van der Waals surface area contributed by atoms with Gasteiger partial charge in [-0.15, -0.1) is 11.3 Å². The van der Waals surface area contributed by atoms with E-state index in [0.29, 0.717) is 6.54 Å². The third-order valence-corrected chi connectivity index (χ3v) is 3.58. The molecule has 4 heteroatoms. The van der Waals surface area contributed by atoms with Crippen molar-refractivity contribution in [3.05, 3.63) is 40.9 Å². The van der Waals surface area contributed by atoms with E-state index in [1.165, 1.54) is 0 Å². The number of furan rings is 1. The van der Waals surface area contributed by atoms with Gasteiger partial charge in [0.15, 0.2) is 0 Å². The Morgan fingerprint density at radius 2 is 2.18 bits per heavy atom. The number of aromatic nitrogens is 1. The summed E-state index contributed by atoms with van der Waals surface area (Å²) in [6.45, 7) is 0.638. The normalized spacial score (nSPS) is 11.1. The predicted octanol–water partition coefficient (Wildman–Crippen LogP) is 3.06. The van der Waals surface area contributed by atoms with Crippen LogP contribution in [0.4, 0.5) is 0 Å². The lowest BCUT2D eigenvalue weighted by atomic mass is 10.1. The monoisotopic (exact) mass is 244 g/mol. The van der Waals surface area contributed by atoms with E-state index in [4.69, 9.17) is 10.2 Å². The number of nitrogens with zero attached hydrogens (tertiary/aromatic N) is 1. The SMILES string of the molecule is NCCc1nc(-c2coc3ccccc23)cs1. The Labute approximate surface area is 103 Å². The Hall–Kier alpha value is -1.65. The average Bonchev–Trinajstić information content (AvgIpc) is 2.95. The molecule has 17 heavy (non-hydrogen) atoms. The maximum atomic E-state index is 5.53. The Morgan fingerprint density at radius 3 is 3.06 bits per heavy atom. The van der Waals surface area contributed by atoms with E-state index < -0.39 is 0 Å². The van der Waals surface area contributed by atoms with Crippen molar-refractivity contribution in [1.29, 1.82) is 0 Å². The van der Waals surface area contributed by atoms with E-state index in [2.05, 4.69) is 16.4 Å². The molecule has 0 spiro atoms. The van der Waals surface area contributed by atoms with Crippen molar-refractivity contribution in [3.8, 4) is 11.3 Å². The van der Waals surface area contributed by atoms with Gasteiger partial charge in [0.05, 0.1) is 10.7 Å². The number of fused-ring (bicyclic) bond motifs is 1. The highest BCUT2D eigenvalue weighted by Crippen LogP contribution is 2.31. The predicted molar refractivity (Wildman–Crippen MR) is 70.1 cm³/mol. The lowest BCUT2D eigenvalue weighted by molar-refractivity contribution is 0.617. The van der Waals surface area contributed by atoms with Crippen molar-refractivity contribution >= 4 is 22.3 Å². The molecule has 2 N–H and O–H groups in total. The Morgan fingerprint density at radius 1 is 1.29 bits per heavy atom. The molecule has 3 nitrogen and oxygen atoms in total. The van der Waals surface area contributed by atoms with E-state index in [-0.39, 0.29) is 0 Å². The second-order valence-corrected chi connectivity index (χ2v) is 4.75. The van der Waals surface area contributed by atoms with E-state index in [0.717, 1.165) is 33.7 Å². The van der Waals surface area contributed by atoms with E-state index >= 15 is 0 Å². The molecule has 0 aliphatic rings. The summed E-state index contributed by atoms with van der Waals surface area (Å²) in [5.74, 6) is 0. The molecule has 0 atom stereocenters. The summed E-state index contributed by atoms with van der Waals surface area (Å²) in [6.07, 6.45) is 2.60. The third-order valence-electron chi connectivity index (χ3n) is 2.67. The molecule has 0 bridgehead atoms. The van der Waals surface area contributed by atoms with Gasteiger partial charge in [0.1, 0.15) is 11.8 Å². The highest BCUT2D eigenvalue weighted by molar-refractivity contribution is 7.09. The second-order valence-electron chi connectivity index (χ2n) is 3.81. The molecule has 86 valence electrons. The maximum absolute atomic E-state index is 5.53. The third kappa shape index (κ3) is 1.85. The minimum atomic E-state index is 0.638.